The first-order chi connectivity index (χ1) is 10.4. The zero-order chi connectivity index (χ0) is 16.8. The van der Waals surface area contributed by atoms with Crippen LogP contribution < -0.4 is 14.8 Å². The number of nitro benzene ring substituents is 1. The summed E-state index contributed by atoms with van der Waals surface area (Å²) in [7, 11) is 2.91. The molecule has 0 aliphatic heterocycles. The van der Waals surface area contributed by atoms with E-state index >= 15 is 0 Å². The second-order valence-corrected chi connectivity index (χ2v) is 5.13. The van der Waals surface area contributed by atoms with Crippen LogP contribution in [-0.2, 0) is 6.54 Å². The third kappa shape index (κ3) is 4.32. The van der Waals surface area contributed by atoms with Crippen LogP contribution in [0.2, 0.25) is 0 Å². The summed E-state index contributed by atoms with van der Waals surface area (Å²) in [6, 6.07) is 2.93. The summed E-state index contributed by atoms with van der Waals surface area (Å²) in [5, 5.41) is 24.5. The van der Waals surface area contributed by atoms with E-state index in [2.05, 4.69) is 5.32 Å². The Labute approximate surface area is 130 Å². The van der Waals surface area contributed by atoms with Crippen LogP contribution in [0.5, 0.6) is 11.5 Å². The molecule has 0 bridgehead atoms. The lowest BCUT2D eigenvalue weighted by atomic mass is 9.97. The maximum absolute atomic E-state index is 11.2. The van der Waals surface area contributed by atoms with Crippen LogP contribution in [0, 0.1) is 10.1 Å². The monoisotopic (exact) mass is 312 g/mol. The Kier molecular flexibility index (Phi) is 6.58. The molecule has 0 aromatic heterocycles. The van der Waals surface area contributed by atoms with Crippen molar-refractivity contribution in [1.82, 2.24) is 5.32 Å². The van der Waals surface area contributed by atoms with E-state index in [9.17, 15) is 15.2 Å². The Balaban J connectivity index is 2.95. The van der Waals surface area contributed by atoms with Crippen LogP contribution in [0.25, 0.3) is 0 Å². The molecule has 2 N–H and O–H groups in total. The predicted octanol–water partition coefficient (Wildman–Crippen LogP) is 2.25. The molecule has 124 valence electrons. The first-order valence-electron chi connectivity index (χ1n) is 7.23. The number of hydrogen-bond acceptors (Lipinski definition) is 6. The highest BCUT2D eigenvalue weighted by atomic mass is 16.6. The quantitative estimate of drug-likeness (QED) is 0.536. The zero-order valence-corrected chi connectivity index (χ0v) is 13.5. The molecule has 0 saturated carbocycles. The second kappa shape index (κ2) is 7.95. The number of methoxy groups -OCH3 is 2. The van der Waals surface area contributed by atoms with Gasteiger partial charge in [-0.3, -0.25) is 10.1 Å². The van der Waals surface area contributed by atoms with Crippen LogP contribution in [0.3, 0.4) is 0 Å². The first-order valence-corrected chi connectivity index (χ1v) is 7.23. The molecule has 1 aromatic carbocycles. The van der Waals surface area contributed by atoms with Gasteiger partial charge >= 0.3 is 0 Å². The SMILES string of the molecule is CCC(O)(CC)CNCc1cc(OC)c(OC)cc1[N+](=O)[O-]. The molecule has 0 atom stereocenters. The molecule has 0 heterocycles. The molecule has 1 aromatic rings. The van der Waals surface area contributed by atoms with Crippen molar-refractivity contribution >= 4 is 5.69 Å². The second-order valence-electron chi connectivity index (χ2n) is 5.13. The summed E-state index contributed by atoms with van der Waals surface area (Å²) in [5.74, 6) is 0.753. The molecule has 7 heteroatoms. The summed E-state index contributed by atoms with van der Waals surface area (Å²) < 4.78 is 10.3. The molecule has 7 nitrogen and oxygen atoms in total. The molecule has 0 aliphatic carbocycles. The largest absolute Gasteiger partial charge is 0.493 e. The summed E-state index contributed by atoms with van der Waals surface area (Å²) in [5.41, 5.74) is -0.357. The molecular formula is C15H24N2O5. The van der Waals surface area contributed by atoms with E-state index in [1.54, 1.807) is 6.07 Å². The summed E-state index contributed by atoms with van der Waals surface area (Å²) in [6.45, 7) is 4.44. The number of rotatable bonds is 9. The topological polar surface area (TPSA) is 93.9 Å². The minimum absolute atomic E-state index is 0.0401. The van der Waals surface area contributed by atoms with Crippen molar-refractivity contribution in [2.75, 3.05) is 20.8 Å². The van der Waals surface area contributed by atoms with Gasteiger partial charge in [0, 0.05) is 18.7 Å². The highest BCUT2D eigenvalue weighted by Crippen LogP contribution is 2.34. The number of nitrogens with zero attached hydrogens (tertiary/aromatic N) is 1. The van der Waals surface area contributed by atoms with E-state index in [-0.39, 0.29) is 12.2 Å². The molecular weight excluding hydrogens is 288 g/mol. The predicted molar refractivity (Wildman–Crippen MR) is 83.4 cm³/mol. The molecule has 0 radical (unpaired) electrons. The highest BCUT2D eigenvalue weighted by Gasteiger charge is 2.23. The Bertz CT molecular complexity index is 515. The zero-order valence-electron chi connectivity index (χ0n) is 13.5. The molecule has 0 saturated heterocycles. The molecule has 22 heavy (non-hydrogen) atoms. The third-order valence-corrected chi connectivity index (χ3v) is 3.87. The fraction of sp³-hybridized carbons (Fsp3) is 0.600. The van der Waals surface area contributed by atoms with Crippen molar-refractivity contribution in [2.24, 2.45) is 0 Å². The van der Waals surface area contributed by atoms with Gasteiger partial charge in [-0.15, -0.1) is 0 Å². The maximum atomic E-state index is 11.2. The van der Waals surface area contributed by atoms with Crippen molar-refractivity contribution in [3.63, 3.8) is 0 Å². The Morgan fingerprint density at radius 1 is 1.23 bits per heavy atom. The average Bonchev–Trinajstić information content (AvgIpc) is 2.53. The average molecular weight is 312 g/mol. The lowest BCUT2D eigenvalue weighted by molar-refractivity contribution is -0.385. The lowest BCUT2D eigenvalue weighted by Gasteiger charge is -2.25. The summed E-state index contributed by atoms with van der Waals surface area (Å²) >= 11 is 0. The van der Waals surface area contributed by atoms with Crippen LogP contribution in [-0.4, -0.2) is 36.4 Å². The molecule has 0 aliphatic rings. The van der Waals surface area contributed by atoms with Crippen molar-refractivity contribution in [1.29, 1.82) is 0 Å². The van der Waals surface area contributed by atoms with Crippen LogP contribution in [0.4, 0.5) is 5.69 Å². The van der Waals surface area contributed by atoms with Crippen molar-refractivity contribution in [3.8, 4) is 11.5 Å². The van der Waals surface area contributed by atoms with E-state index in [0.29, 0.717) is 36.4 Å². The molecule has 0 spiro atoms. The van der Waals surface area contributed by atoms with Gasteiger partial charge in [0.25, 0.3) is 5.69 Å². The van der Waals surface area contributed by atoms with E-state index in [1.165, 1.54) is 20.3 Å². The standard InChI is InChI=1S/C15H24N2O5/c1-5-15(18,6-2)10-16-9-11-7-13(21-3)14(22-4)8-12(11)17(19)20/h7-8,16,18H,5-6,9-10H2,1-4H3. The molecule has 0 unspecified atom stereocenters. The van der Waals surface area contributed by atoms with Gasteiger partial charge in [0.05, 0.1) is 30.8 Å². The van der Waals surface area contributed by atoms with Crippen LogP contribution in [0.15, 0.2) is 12.1 Å². The molecule has 0 amide bonds. The normalized spacial score (nSPS) is 11.3. The summed E-state index contributed by atoms with van der Waals surface area (Å²) in [6.07, 6.45) is 1.23. The van der Waals surface area contributed by atoms with Gasteiger partial charge in [0.2, 0.25) is 0 Å². The fourth-order valence-corrected chi connectivity index (χ4v) is 2.15. The Hall–Kier alpha value is -1.86. The fourth-order valence-electron chi connectivity index (χ4n) is 2.15. The number of aliphatic hydroxyl groups is 1. The summed E-state index contributed by atoms with van der Waals surface area (Å²) in [4.78, 5) is 10.7. The van der Waals surface area contributed by atoms with E-state index in [0.717, 1.165) is 0 Å². The van der Waals surface area contributed by atoms with E-state index in [4.69, 9.17) is 9.47 Å². The van der Waals surface area contributed by atoms with Crippen LogP contribution in [0.1, 0.15) is 32.3 Å². The smallest absolute Gasteiger partial charge is 0.277 e. The number of nitro groups is 1. The number of ether oxygens (including phenoxy) is 2. The van der Waals surface area contributed by atoms with E-state index in [1.807, 2.05) is 13.8 Å². The Morgan fingerprint density at radius 2 is 1.77 bits per heavy atom. The minimum Gasteiger partial charge on any atom is -0.493 e. The van der Waals surface area contributed by atoms with Crippen molar-refractivity contribution in [2.45, 2.75) is 38.8 Å². The maximum Gasteiger partial charge on any atom is 0.277 e. The Morgan fingerprint density at radius 3 is 2.23 bits per heavy atom. The molecule has 0 fully saturated rings. The van der Waals surface area contributed by atoms with Gasteiger partial charge in [0.15, 0.2) is 11.5 Å². The van der Waals surface area contributed by atoms with Crippen LogP contribution >= 0.6 is 0 Å². The van der Waals surface area contributed by atoms with E-state index < -0.39 is 10.5 Å². The minimum atomic E-state index is -0.800. The first kappa shape index (κ1) is 18.2. The third-order valence-electron chi connectivity index (χ3n) is 3.87. The van der Waals surface area contributed by atoms with Gasteiger partial charge in [0.1, 0.15) is 0 Å². The van der Waals surface area contributed by atoms with Gasteiger partial charge < -0.3 is 19.9 Å². The van der Waals surface area contributed by atoms with Crippen molar-refractivity contribution in [3.05, 3.63) is 27.8 Å². The number of hydrogen-bond donors (Lipinski definition) is 2. The lowest BCUT2D eigenvalue weighted by Crippen LogP contribution is -2.39. The highest BCUT2D eigenvalue weighted by molar-refractivity contribution is 5.54. The van der Waals surface area contributed by atoms with Gasteiger partial charge in [-0.2, -0.15) is 0 Å². The molecule has 1 rings (SSSR count). The van der Waals surface area contributed by atoms with Crippen molar-refractivity contribution < 1.29 is 19.5 Å². The number of nitrogens with one attached hydrogen (secondary N) is 1. The number of benzene rings is 1. The van der Waals surface area contributed by atoms with Gasteiger partial charge in [-0.25, -0.2) is 0 Å². The van der Waals surface area contributed by atoms with Gasteiger partial charge in [-0.05, 0) is 18.9 Å². The van der Waals surface area contributed by atoms with Gasteiger partial charge in [-0.1, -0.05) is 13.8 Å².